The second-order valence-electron chi connectivity index (χ2n) is 5.20. The lowest BCUT2D eigenvalue weighted by Gasteiger charge is -2.49. The van der Waals surface area contributed by atoms with E-state index in [0.29, 0.717) is 12.1 Å². The number of nitrogens with zero attached hydrogens (tertiary/aromatic N) is 1. The van der Waals surface area contributed by atoms with Crippen molar-refractivity contribution < 1.29 is 9.76 Å². The molecule has 0 aromatic heterocycles. The summed E-state index contributed by atoms with van der Waals surface area (Å²) < 4.78 is 5.59. The molecule has 2 unspecified atom stereocenters. The van der Waals surface area contributed by atoms with Gasteiger partial charge in [0, 0.05) is 12.1 Å². The lowest BCUT2D eigenvalue weighted by molar-refractivity contribution is 0.0504. The smallest absolute Gasteiger partial charge is 0.376 e. The number of fused-ring (bicyclic) bond motifs is 2. The van der Waals surface area contributed by atoms with E-state index in [2.05, 4.69) is 4.81 Å². The lowest BCUT2D eigenvalue weighted by Crippen LogP contribution is -2.59. The summed E-state index contributed by atoms with van der Waals surface area (Å²) in [5, 5.41) is 9.76. The molecular formula is C10H18BNO2. The summed E-state index contributed by atoms with van der Waals surface area (Å²) >= 11 is 0. The highest BCUT2D eigenvalue weighted by atomic mass is 16.6. The van der Waals surface area contributed by atoms with Gasteiger partial charge in [-0.05, 0) is 32.5 Å². The average molecular weight is 195 g/mol. The van der Waals surface area contributed by atoms with Gasteiger partial charge in [0.2, 0.25) is 0 Å². The molecule has 14 heavy (non-hydrogen) atoms. The summed E-state index contributed by atoms with van der Waals surface area (Å²) in [6.45, 7) is 2.87. The predicted molar refractivity (Wildman–Crippen MR) is 55.0 cm³/mol. The molecule has 0 aliphatic carbocycles. The minimum Gasteiger partial charge on any atom is -0.437 e. The van der Waals surface area contributed by atoms with E-state index >= 15 is 0 Å². The van der Waals surface area contributed by atoms with Crippen LogP contribution >= 0.6 is 0 Å². The van der Waals surface area contributed by atoms with Crippen molar-refractivity contribution in [3.63, 3.8) is 0 Å². The fourth-order valence-electron chi connectivity index (χ4n) is 3.49. The second kappa shape index (κ2) is 2.97. The molecule has 0 amide bonds. The van der Waals surface area contributed by atoms with Crippen LogP contribution in [0, 0.1) is 0 Å². The van der Waals surface area contributed by atoms with Crippen molar-refractivity contribution in [2.45, 2.75) is 56.6 Å². The summed E-state index contributed by atoms with van der Waals surface area (Å²) in [5.74, 6) is 0. The average Bonchev–Trinajstić information content (AvgIpc) is 2.82. The monoisotopic (exact) mass is 195 g/mol. The van der Waals surface area contributed by atoms with Gasteiger partial charge in [-0.25, -0.2) is 0 Å². The maximum absolute atomic E-state index is 9.76. The second-order valence-corrected chi connectivity index (χ2v) is 5.20. The summed E-state index contributed by atoms with van der Waals surface area (Å²) in [6, 6.07) is 1.15. The third kappa shape index (κ3) is 1.32. The Morgan fingerprint density at radius 2 is 1.93 bits per heavy atom. The Kier molecular flexibility index (Phi) is 1.95. The first-order valence-corrected chi connectivity index (χ1v) is 5.80. The molecule has 0 radical (unpaired) electrons. The third-order valence-corrected chi connectivity index (χ3v) is 4.12. The molecule has 2 atom stereocenters. The van der Waals surface area contributed by atoms with E-state index < -0.39 is 0 Å². The highest BCUT2D eigenvalue weighted by Crippen LogP contribution is 2.47. The zero-order valence-electron chi connectivity index (χ0n) is 8.78. The standard InChI is InChI=1S/C10H18BNO2/c1-11(13)12-8-3-2-4-9(12)6-10(5-8)7-14-10/h8-9,13H,2-7H2,1H3. The number of ether oxygens (including phenoxy) is 1. The van der Waals surface area contributed by atoms with E-state index in [4.69, 9.17) is 4.74 Å². The molecule has 3 rings (SSSR count). The first-order chi connectivity index (χ1) is 6.70. The predicted octanol–water partition coefficient (Wildman–Crippen LogP) is 0.883. The molecule has 0 aromatic carbocycles. The van der Waals surface area contributed by atoms with Crippen LogP contribution in [0.4, 0.5) is 0 Å². The SMILES string of the molecule is CB(O)N1C2CCCC1CC1(CO1)C2. The molecule has 0 aromatic rings. The Bertz CT molecular complexity index is 226. The van der Waals surface area contributed by atoms with E-state index in [1.54, 1.807) is 0 Å². The van der Waals surface area contributed by atoms with Crippen molar-refractivity contribution in [2.75, 3.05) is 6.61 Å². The summed E-state index contributed by atoms with van der Waals surface area (Å²) in [5.41, 5.74) is 0.237. The zero-order valence-corrected chi connectivity index (χ0v) is 8.78. The first-order valence-electron chi connectivity index (χ1n) is 5.80. The molecule has 3 heterocycles. The third-order valence-electron chi connectivity index (χ3n) is 4.12. The quantitative estimate of drug-likeness (QED) is 0.498. The zero-order chi connectivity index (χ0) is 9.76. The fourth-order valence-corrected chi connectivity index (χ4v) is 3.49. The number of hydrogen-bond acceptors (Lipinski definition) is 3. The Morgan fingerprint density at radius 1 is 1.36 bits per heavy atom. The molecule has 3 aliphatic heterocycles. The van der Waals surface area contributed by atoms with Crippen LogP contribution in [0.25, 0.3) is 0 Å². The van der Waals surface area contributed by atoms with Gasteiger partial charge < -0.3 is 14.6 Å². The molecule has 4 heteroatoms. The van der Waals surface area contributed by atoms with Crippen LogP contribution in [0.5, 0.6) is 0 Å². The molecule has 1 spiro atoms. The van der Waals surface area contributed by atoms with Gasteiger partial charge in [-0.15, -0.1) is 0 Å². The van der Waals surface area contributed by atoms with Gasteiger partial charge in [0.05, 0.1) is 12.2 Å². The van der Waals surface area contributed by atoms with Crippen molar-refractivity contribution in [3.8, 4) is 0 Å². The Labute approximate surface area is 85.6 Å². The number of rotatable bonds is 1. The summed E-state index contributed by atoms with van der Waals surface area (Å²) in [7, 11) is -0.276. The largest absolute Gasteiger partial charge is 0.437 e. The highest BCUT2D eigenvalue weighted by Gasteiger charge is 2.55. The van der Waals surface area contributed by atoms with Crippen LogP contribution in [0.2, 0.25) is 6.82 Å². The lowest BCUT2D eigenvalue weighted by atomic mass is 9.69. The van der Waals surface area contributed by atoms with E-state index in [-0.39, 0.29) is 12.7 Å². The van der Waals surface area contributed by atoms with E-state index in [9.17, 15) is 5.02 Å². The van der Waals surface area contributed by atoms with Crippen molar-refractivity contribution in [3.05, 3.63) is 0 Å². The van der Waals surface area contributed by atoms with E-state index in [1.165, 1.54) is 19.3 Å². The van der Waals surface area contributed by atoms with Gasteiger partial charge in [0.1, 0.15) is 0 Å². The van der Waals surface area contributed by atoms with Crippen LogP contribution < -0.4 is 0 Å². The Hall–Kier alpha value is -0.0551. The molecule has 3 fully saturated rings. The minimum atomic E-state index is -0.276. The molecule has 1 N–H and O–H groups in total. The fraction of sp³-hybridized carbons (Fsp3) is 1.00. The molecule has 3 saturated heterocycles. The molecule has 78 valence electrons. The van der Waals surface area contributed by atoms with Gasteiger partial charge in [-0.3, -0.25) is 0 Å². The molecule has 2 bridgehead atoms. The van der Waals surface area contributed by atoms with Crippen molar-refractivity contribution in [1.29, 1.82) is 0 Å². The molecule has 3 nitrogen and oxygen atoms in total. The van der Waals surface area contributed by atoms with Gasteiger partial charge in [0.25, 0.3) is 0 Å². The first kappa shape index (κ1) is 9.19. The van der Waals surface area contributed by atoms with Crippen molar-refractivity contribution in [2.24, 2.45) is 0 Å². The van der Waals surface area contributed by atoms with Crippen LogP contribution in [-0.4, -0.2) is 41.2 Å². The maximum Gasteiger partial charge on any atom is 0.376 e. The highest BCUT2D eigenvalue weighted by molar-refractivity contribution is 6.45. The van der Waals surface area contributed by atoms with Gasteiger partial charge in [-0.2, -0.15) is 0 Å². The van der Waals surface area contributed by atoms with E-state index in [1.807, 2.05) is 6.82 Å². The number of piperidine rings is 2. The maximum atomic E-state index is 9.76. The molecular weight excluding hydrogens is 177 g/mol. The van der Waals surface area contributed by atoms with Crippen LogP contribution in [0.15, 0.2) is 0 Å². The van der Waals surface area contributed by atoms with Crippen LogP contribution in [-0.2, 0) is 4.74 Å². The summed E-state index contributed by atoms with van der Waals surface area (Å²) in [6.07, 6.45) is 6.11. The Morgan fingerprint density at radius 3 is 2.36 bits per heavy atom. The molecule has 3 aliphatic rings. The summed E-state index contributed by atoms with van der Waals surface area (Å²) in [4.78, 5) is 2.32. The Balaban J connectivity index is 1.81. The minimum absolute atomic E-state index is 0.237. The number of epoxide rings is 1. The van der Waals surface area contributed by atoms with Crippen molar-refractivity contribution in [1.82, 2.24) is 4.81 Å². The van der Waals surface area contributed by atoms with E-state index in [0.717, 1.165) is 19.4 Å². The van der Waals surface area contributed by atoms with Gasteiger partial charge in [0.15, 0.2) is 0 Å². The van der Waals surface area contributed by atoms with Crippen LogP contribution in [0.1, 0.15) is 32.1 Å². The van der Waals surface area contributed by atoms with Crippen molar-refractivity contribution >= 4 is 7.05 Å². The van der Waals surface area contributed by atoms with Gasteiger partial charge in [-0.1, -0.05) is 6.42 Å². The van der Waals surface area contributed by atoms with Gasteiger partial charge >= 0.3 is 7.05 Å². The topological polar surface area (TPSA) is 36.0 Å². The number of hydrogen-bond donors (Lipinski definition) is 1. The van der Waals surface area contributed by atoms with Crippen LogP contribution in [0.3, 0.4) is 0 Å². The normalized spacial score (nSPS) is 46.7. The molecule has 0 saturated carbocycles.